The van der Waals surface area contributed by atoms with Crippen molar-refractivity contribution in [1.82, 2.24) is 20.1 Å². The highest BCUT2D eigenvalue weighted by atomic mass is 35.5. The lowest BCUT2D eigenvalue weighted by Crippen LogP contribution is -2.25. The Morgan fingerprint density at radius 2 is 1.93 bits per heavy atom. The van der Waals surface area contributed by atoms with E-state index in [9.17, 15) is 9.18 Å². The van der Waals surface area contributed by atoms with E-state index in [1.807, 2.05) is 4.57 Å². The molecule has 3 rings (SSSR count). The van der Waals surface area contributed by atoms with Crippen molar-refractivity contribution in [3.8, 4) is 5.69 Å². The SMILES string of the molecule is CCCCSc1nnc(CNC(=O)c2ccc(Cl)cc2Cl)n1-c1ccc(F)cc1. The third-order valence-electron chi connectivity index (χ3n) is 4.10. The Bertz CT molecular complexity index is 995. The van der Waals surface area contributed by atoms with Crippen LogP contribution in [-0.4, -0.2) is 26.4 Å². The molecule has 0 radical (unpaired) electrons. The third kappa shape index (κ3) is 5.50. The molecule has 1 heterocycles. The number of hydrogen-bond donors (Lipinski definition) is 1. The van der Waals surface area contributed by atoms with Gasteiger partial charge < -0.3 is 5.32 Å². The van der Waals surface area contributed by atoms with Gasteiger partial charge in [-0.3, -0.25) is 9.36 Å². The monoisotopic (exact) mass is 452 g/mol. The van der Waals surface area contributed by atoms with Gasteiger partial charge in [0.15, 0.2) is 11.0 Å². The molecular formula is C20H19Cl2FN4OS. The number of rotatable bonds is 8. The Balaban J connectivity index is 1.82. The van der Waals surface area contributed by atoms with Crippen LogP contribution < -0.4 is 5.32 Å². The second-order valence-electron chi connectivity index (χ2n) is 6.22. The van der Waals surface area contributed by atoms with Crippen molar-refractivity contribution in [2.24, 2.45) is 0 Å². The lowest BCUT2D eigenvalue weighted by atomic mass is 10.2. The lowest BCUT2D eigenvalue weighted by Gasteiger charge is -2.11. The zero-order valence-corrected chi connectivity index (χ0v) is 18.0. The van der Waals surface area contributed by atoms with Crippen molar-refractivity contribution in [3.05, 3.63) is 69.7 Å². The van der Waals surface area contributed by atoms with Crippen LogP contribution in [-0.2, 0) is 6.54 Å². The normalized spacial score (nSPS) is 10.9. The first-order valence-corrected chi connectivity index (χ1v) is 10.8. The molecule has 0 bridgehead atoms. The standard InChI is InChI=1S/C20H19Cl2FN4OS/c1-2-3-10-29-20-26-25-18(27(20)15-7-5-14(23)6-8-15)12-24-19(28)16-9-4-13(21)11-17(16)22/h4-9,11H,2-3,10,12H2,1H3,(H,24,28). The summed E-state index contributed by atoms with van der Waals surface area (Å²) in [6.45, 7) is 2.25. The summed E-state index contributed by atoms with van der Waals surface area (Å²) in [6, 6.07) is 10.8. The van der Waals surface area contributed by atoms with Gasteiger partial charge in [0, 0.05) is 16.5 Å². The highest BCUT2D eigenvalue weighted by Gasteiger charge is 2.17. The molecule has 5 nitrogen and oxygen atoms in total. The summed E-state index contributed by atoms with van der Waals surface area (Å²) in [6.07, 6.45) is 2.12. The first-order chi connectivity index (χ1) is 14.0. The lowest BCUT2D eigenvalue weighted by molar-refractivity contribution is 0.0950. The largest absolute Gasteiger partial charge is 0.345 e. The fourth-order valence-corrected chi connectivity index (χ4v) is 4.14. The Kier molecular flexibility index (Phi) is 7.52. The number of hydrogen-bond acceptors (Lipinski definition) is 4. The summed E-state index contributed by atoms with van der Waals surface area (Å²) in [4.78, 5) is 12.5. The number of halogens is 3. The van der Waals surface area contributed by atoms with Gasteiger partial charge in [-0.1, -0.05) is 48.3 Å². The average molecular weight is 453 g/mol. The van der Waals surface area contributed by atoms with E-state index in [1.54, 1.807) is 36.0 Å². The van der Waals surface area contributed by atoms with Gasteiger partial charge in [-0.2, -0.15) is 0 Å². The Hall–Kier alpha value is -2.09. The molecule has 0 aliphatic rings. The van der Waals surface area contributed by atoms with E-state index < -0.39 is 0 Å². The third-order valence-corrected chi connectivity index (χ3v) is 5.66. The Morgan fingerprint density at radius 1 is 1.17 bits per heavy atom. The van der Waals surface area contributed by atoms with Crippen LogP contribution in [0.3, 0.4) is 0 Å². The van der Waals surface area contributed by atoms with E-state index in [1.165, 1.54) is 18.2 Å². The minimum atomic E-state index is -0.347. The minimum absolute atomic E-state index is 0.135. The van der Waals surface area contributed by atoms with E-state index in [0.29, 0.717) is 21.6 Å². The molecule has 29 heavy (non-hydrogen) atoms. The van der Waals surface area contributed by atoms with Crippen molar-refractivity contribution in [1.29, 1.82) is 0 Å². The number of carbonyl (C=O) groups excluding carboxylic acids is 1. The van der Waals surface area contributed by atoms with Crippen molar-refractivity contribution in [2.75, 3.05) is 5.75 Å². The Morgan fingerprint density at radius 3 is 2.62 bits per heavy atom. The molecule has 1 amide bonds. The van der Waals surface area contributed by atoms with Gasteiger partial charge in [0.25, 0.3) is 5.91 Å². The zero-order valence-electron chi connectivity index (χ0n) is 15.7. The first kappa shape index (κ1) is 21.6. The second kappa shape index (κ2) is 10.1. The molecule has 152 valence electrons. The molecule has 0 atom stereocenters. The number of carbonyl (C=O) groups is 1. The van der Waals surface area contributed by atoms with Crippen LogP contribution in [0, 0.1) is 5.82 Å². The molecule has 0 saturated heterocycles. The highest BCUT2D eigenvalue weighted by molar-refractivity contribution is 7.99. The number of unbranched alkanes of at least 4 members (excludes halogenated alkanes) is 1. The molecular weight excluding hydrogens is 434 g/mol. The van der Waals surface area contributed by atoms with Crippen LogP contribution in [0.2, 0.25) is 10.0 Å². The minimum Gasteiger partial charge on any atom is -0.345 e. The summed E-state index contributed by atoms with van der Waals surface area (Å²) >= 11 is 13.6. The number of amides is 1. The second-order valence-corrected chi connectivity index (χ2v) is 8.13. The molecule has 3 aromatic rings. The number of nitrogens with one attached hydrogen (secondary N) is 1. The van der Waals surface area contributed by atoms with E-state index in [2.05, 4.69) is 22.4 Å². The molecule has 0 aliphatic carbocycles. The number of thioether (sulfide) groups is 1. The van der Waals surface area contributed by atoms with Crippen LogP contribution in [0.5, 0.6) is 0 Å². The molecule has 0 fully saturated rings. The molecule has 2 aromatic carbocycles. The van der Waals surface area contributed by atoms with Crippen LogP contribution in [0.4, 0.5) is 4.39 Å². The number of benzene rings is 2. The predicted octanol–water partition coefficient (Wildman–Crippen LogP) is 5.54. The van der Waals surface area contributed by atoms with Gasteiger partial charge in [-0.15, -0.1) is 10.2 Å². The molecule has 0 aliphatic heterocycles. The maximum Gasteiger partial charge on any atom is 0.253 e. The molecule has 0 saturated carbocycles. The van der Waals surface area contributed by atoms with Crippen LogP contribution in [0.15, 0.2) is 47.6 Å². The molecule has 1 N–H and O–H groups in total. The quantitative estimate of drug-likeness (QED) is 0.360. The van der Waals surface area contributed by atoms with E-state index in [0.717, 1.165) is 24.3 Å². The predicted molar refractivity (Wildman–Crippen MR) is 115 cm³/mol. The fraction of sp³-hybridized carbons (Fsp3) is 0.250. The van der Waals surface area contributed by atoms with Gasteiger partial charge in [0.05, 0.1) is 17.1 Å². The molecule has 0 spiro atoms. The fourth-order valence-electron chi connectivity index (χ4n) is 2.59. The smallest absolute Gasteiger partial charge is 0.253 e. The van der Waals surface area contributed by atoms with Crippen molar-refractivity contribution >= 4 is 40.9 Å². The summed E-state index contributed by atoms with van der Waals surface area (Å²) in [7, 11) is 0. The maximum atomic E-state index is 13.4. The van der Waals surface area contributed by atoms with E-state index in [-0.39, 0.29) is 23.3 Å². The van der Waals surface area contributed by atoms with E-state index >= 15 is 0 Å². The highest BCUT2D eigenvalue weighted by Crippen LogP contribution is 2.24. The van der Waals surface area contributed by atoms with Crippen molar-refractivity contribution in [2.45, 2.75) is 31.5 Å². The van der Waals surface area contributed by atoms with Crippen molar-refractivity contribution < 1.29 is 9.18 Å². The topological polar surface area (TPSA) is 59.8 Å². The van der Waals surface area contributed by atoms with Gasteiger partial charge >= 0.3 is 0 Å². The van der Waals surface area contributed by atoms with Crippen LogP contribution >= 0.6 is 35.0 Å². The maximum absolute atomic E-state index is 13.4. The van der Waals surface area contributed by atoms with E-state index in [4.69, 9.17) is 23.2 Å². The van der Waals surface area contributed by atoms with Crippen molar-refractivity contribution in [3.63, 3.8) is 0 Å². The number of aromatic nitrogens is 3. The van der Waals surface area contributed by atoms with Crippen LogP contribution in [0.1, 0.15) is 35.9 Å². The average Bonchev–Trinajstić information content (AvgIpc) is 3.10. The Labute approximate surface area is 182 Å². The van der Waals surface area contributed by atoms with Gasteiger partial charge in [0.2, 0.25) is 0 Å². The van der Waals surface area contributed by atoms with Gasteiger partial charge in [-0.25, -0.2) is 4.39 Å². The molecule has 0 unspecified atom stereocenters. The zero-order chi connectivity index (χ0) is 20.8. The number of nitrogens with zero attached hydrogens (tertiary/aromatic N) is 3. The summed E-state index contributed by atoms with van der Waals surface area (Å²) in [5.41, 5.74) is 1.05. The van der Waals surface area contributed by atoms with Crippen LogP contribution in [0.25, 0.3) is 5.69 Å². The summed E-state index contributed by atoms with van der Waals surface area (Å²) in [5.74, 6) is 0.756. The summed E-state index contributed by atoms with van der Waals surface area (Å²) in [5, 5.41) is 12.7. The van der Waals surface area contributed by atoms with Gasteiger partial charge in [0.1, 0.15) is 5.82 Å². The van der Waals surface area contributed by atoms with Gasteiger partial charge in [-0.05, 0) is 48.9 Å². The summed E-state index contributed by atoms with van der Waals surface area (Å²) < 4.78 is 15.2. The molecule has 9 heteroatoms. The molecule has 1 aromatic heterocycles. The first-order valence-electron chi connectivity index (χ1n) is 9.06.